The van der Waals surface area contributed by atoms with Crippen LogP contribution < -0.4 is 15.0 Å². The number of aromatic nitrogens is 2. The molecule has 33 heavy (non-hydrogen) atoms. The number of piperazine rings is 1. The number of thioether (sulfide) groups is 1. The number of carbonyl (C=O) groups excluding carboxylic acids is 2. The SMILES string of the molecule is O=C(COc1ccccc1)Nc1nnc(SCC(=O)N2CCN(c3cccc(Cl)c3)CC2)s1. The molecule has 172 valence electrons. The topological polar surface area (TPSA) is 87.7 Å². The molecular weight excluding hydrogens is 482 g/mol. The minimum Gasteiger partial charge on any atom is -0.484 e. The number of rotatable bonds is 8. The summed E-state index contributed by atoms with van der Waals surface area (Å²) >= 11 is 8.63. The lowest BCUT2D eigenvalue weighted by atomic mass is 10.2. The fourth-order valence-electron chi connectivity index (χ4n) is 3.24. The molecular formula is C22H22ClN5O3S2. The fourth-order valence-corrected chi connectivity index (χ4v) is 5.10. The van der Waals surface area contributed by atoms with Crippen LogP contribution >= 0.6 is 34.7 Å². The van der Waals surface area contributed by atoms with Crippen molar-refractivity contribution in [1.29, 1.82) is 0 Å². The molecule has 2 aromatic carbocycles. The van der Waals surface area contributed by atoms with Crippen LogP contribution in [0.1, 0.15) is 0 Å². The Labute approximate surface area is 204 Å². The highest BCUT2D eigenvalue weighted by molar-refractivity contribution is 8.01. The average molecular weight is 504 g/mol. The van der Waals surface area contributed by atoms with E-state index >= 15 is 0 Å². The molecule has 11 heteroatoms. The van der Waals surface area contributed by atoms with E-state index in [0.717, 1.165) is 18.8 Å². The van der Waals surface area contributed by atoms with Crippen molar-refractivity contribution >= 4 is 57.3 Å². The number of anilines is 2. The summed E-state index contributed by atoms with van der Waals surface area (Å²) in [4.78, 5) is 28.7. The minimum absolute atomic E-state index is 0.0581. The molecule has 0 spiro atoms. The number of hydrogen-bond acceptors (Lipinski definition) is 8. The van der Waals surface area contributed by atoms with E-state index < -0.39 is 0 Å². The normalized spacial score (nSPS) is 13.6. The monoisotopic (exact) mass is 503 g/mol. The largest absolute Gasteiger partial charge is 0.484 e. The summed E-state index contributed by atoms with van der Waals surface area (Å²) in [6, 6.07) is 16.9. The van der Waals surface area contributed by atoms with Gasteiger partial charge in [0.05, 0.1) is 5.75 Å². The molecule has 0 saturated carbocycles. The van der Waals surface area contributed by atoms with Crippen LogP contribution in [0.15, 0.2) is 58.9 Å². The summed E-state index contributed by atoms with van der Waals surface area (Å²) in [5, 5.41) is 11.8. The van der Waals surface area contributed by atoms with Gasteiger partial charge in [-0.1, -0.05) is 59.0 Å². The first-order valence-electron chi connectivity index (χ1n) is 10.3. The van der Waals surface area contributed by atoms with E-state index in [0.29, 0.717) is 33.3 Å². The Bertz CT molecular complexity index is 1090. The molecule has 0 aliphatic carbocycles. The first-order chi connectivity index (χ1) is 16.1. The summed E-state index contributed by atoms with van der Waals surface area (Å²) in [6.45, 7) is 2.72. The molecule has 0 radical (unpaired) electrons. The highest BCUT2D eigenvalue weighted by Crippen LogP contribution is 2.26. The van der Waals surface area contributed by atoms with Crippen LogP contribution in [0.25, 0.3) is 0 Å². The van der Waals surface area contributed by atoms with Gasteiger partial charge in [0.25, 0.3) is 5.91 Å². The Balaban J connectivity index is 1.18. The Morgan fingerprint density at radius 1 is 1.06 bits per heavy atom. The third-order valence-corrected chi connectivity index (χ3v) is 7.08. The molecule has 0 atom stereocenters. The van der Waals surface area contributed by atoms with Crippen molar-refractivity contribution in [2.24, 2.45) is 0 Å². The van der Waals surface area contributed by atoms with E-state index in [-0.39, 0.29) is 24.2 Å². The van der Waals surface area contributed by atoms with Gasteiger partial charge in [0.1, 0.15) is 5.75 Å². The Hall–Kier alpha value is -2.82. The second-order valence-corrected chi connectivity index (χ2v) is 9.80. The van der Waals surface area contributed by atoms with Crippen LogP contribution in [-0.4, -0.2) is 65.5 Å². The van der Waals surface area contributed by atoms with Crippen molar-refractivity contribution < 1.29 is 14.3 Å². The zero-order chi connectivity index (χ0) is 23.0. The molecule has 2 heterocycles. The lowest BCUT2D eigenvalue weighted by Crippen LogP contribution is -2.49. The van der Waals surface area contributed by atoms with Crippen LogP contribution in [0, 0.1) is 0 Å². The molecule has 0 bridgehead atoms. The van der Waals surface area contributed by atoms with Crippen molar-refractivity contribution in [3.8, 4) is 5.75 Å². The fraction of sp³-hybridized carbons (Fsp3) is 0.273. The Morgan fingerprint density at radius 3 is 2.61 bits per heavy atom. The van der Waals surface area contributed by atoms with E-state index in [1.54, 1.807) is 12.1 Å². The quantitative estimate of drug-likeness (QED) is 0.371. The summed E-state index contributed by atoms with van der Waals surface area (Å²) in [5.41, 5.74) is 1.07. The highest BCUT2D eigenvalue weighted by atomic mass is 35.5. The average Bonchev–Trinajstić information content (AvgIpc) is 3.29. The van der Waals surface area contributed by atoms with Gasteiger partial charge in [-0.2, -0.15) is 0 Å². The van der Waals surface area contributed by atoms with Gasteiger partial charge < -0.3 is 14.5 Å². The molecule has 1 saturated heterocycles. The van der Waals surface area contributed by atoms with Gasteiger partial charge in [-0.05, 0) is 30.3 Å². The van der Waals surface area contributed by atoms with Crippen molar-refractivity contribution in [2.75, 3.05) is 48.8 Å². The maximum absolute atomic E-state index is 12.6. The Morgan fingerprint density at radius 2 is 1.85 bits per heavy atom. The van der Waals surface area contributed by atoms with Gasteiger partial charge in [0.15, 0.2) is 10.9 Å². The number of amides is 2. The number of carbonyl (C=O) groups is 2. The molecule has 0 unspecified atom stereocenters. The molecule has 4 rings (SSSR count). The van der Waals surface area contributed by atoms with Gasteiger partial charge in [0.2, 0.25) is 11.0 Å². The summed E-state index contributed by atoms with van der Waals surface area (Å²) in [7, 11) is 0. The van der Waals surface area contributed by atoms with E-state index in [4.69, 9.17) is 16.3 Å². The second kappa shape index (κ2) is 11.4. The zero-order valence-corrected chi connectivity index (χ0v) is 20.0. The van der Waals surface area contributed by atoms with Crippen molar-refractivity contribution in [1.82, 2.24) is 15.1 Å². The molecule has 1 aliphatic rings. The molecule has 3 aromatic rings. The molecule has 1 N–H and O–H groups in total. The number of para-hydroxylation sites is 1. The van der Waals surface area contributed by atoms with Crippen LogP contribution in [0.2, 0.25) is 5.02 Å². The van der Waals surface area contributed by atoms with E-state index in [1.807, 2.05) is 47.4 Å². The minimum atomic E-state index is -0.319. The van der Waals surface area contributed by atoms with Crippen LogP contribution in [0.4, 0.5) is 10.8 Å². The molecule has 2 amide bonds. The van der Waals surface area contributed by atoms with Gasteiger partial charge in [0, 0.05) is 36.9 Å². The standard InChI is InChI=1S/C22H22ClN5O3S2/c23-16-5-4-6-17(13-16)27-9-11-28(12-10-27)20(30)15-32-22-26-25-21(33-22)24-19(29)14-31-18-7-2-1-3-8-18/h1-8,13H,9-12,14-15H2,(H,24,25,29). The van der Waals surface area contributed by atoms with Crippen molar-refractivity contribution in [3.63, 3.8) is 0 Å². The van der Waals surface area contributed by atoms with Crippen molar-refractivity contribution in [2.45, 2.75) is 4.34 Å². The lowest BCUT2D eigenvalue weighted by molar-refractivity contribution is -0.128. The first kappa shape index (κ1) is 23.3. The van der Waals surface area contributed by atoms with Gasteiger partial charge in [-0.15, -0.1) is 10.2 Å². The molecule has 8 nitrogen and oxygen atoms in total. The highest BCUT2D eigenvalue weighted by Gasteiger charge is 2.22. The third kappa shape index (κ3) is 6.83. The third-order valence-electron chi connectivity index (χ3n) is 4.89. The summed E-state index contributed by atoms with van der Waals surface area (Å²) in [6.07, 6.45) is 0. The predicted octanol–water partition coefficient (Wildman–Crippen LogP) is 3.65. The van der Waals surface area contributed by atoms with E-state index in [1.165, 1.54) is 23.1 Å². The number of nitrogens with zero attached hydrogens (tertiary/aromatic N) is 4. The number of benzene rings is 2. The maximum atomic E-state index is 12.6. The second-order valence-electron chi connectivity index (χ2n) is 7.16. The maximum Gasteiger partial charge on any atom is 0.264 e. The number of nitrogens with one attached hydrogen (secondary N) is 1. The van der Waals surface area contributed by atoms with Crippen LogP contribution in [0.5, 0.6) is 5.75 Å². The first-order valence-corrected chi connectivity index (χ1v) is 12.5. The van der Waals surface area contributed by atoms with E-state index in [9.17, 15) is 9.59 Å². The van der Waals surface area contributed by atoms with Crippen LogP contribution in [-0.2, 0) is 9.59 Å². The number of ether oxygens (including phenoxy) is 1. The van der Waals surface area contributed by atoms with Gasteiger partial charge in [-0.3, -0.25) is 14.9 Å². The smallest absolute Gasteiger partial charge is 0.264 e. The Kier molecular flexibility index (Phi) is 8.03. The van der Waals surface area contributed by atoms with E-state index in [2.05, 4.69) is 20.4 Å². The molecule has 1 aromatic heterocycles. The lowest BCUT2D eigenvalue weighted by Gasteiger charge is -2.36. The van der Waals surface area contributed by atoms with Gasteiger partial charge >= 0.3 is 0 Å². The number of hydrogen-bond donors (Lipinski definition) is 1. The summed E-state index contributed by atoms with van der Waals surface area (Å²) < 4.78 is 6.04. The van der Waals surface area contributed by atoms with Gasteiger partial charge in [-0.25, -0.2) is 0 Å². The molecule has 1 fully saturated rings. The summed E-state index contributed by atoms with van der Waals surface area (Å²) in [5.74, 6) is 0.632. The zero-order valence-electron chi connectivity index (χ0n) is 17.6. The predicted molar refractivity (Wildman–Crippen MR) is 131 cm³/mol. The number of halogens is 1. The van der Waals surface area contributed by atoms with Crippen LogP contribution in [0.3, 0.4) is 0 Å². The van der Waals surface area contributed by atoms with Crippen molar-refractivity contribution in [3.05, 3.63) is 59.6 Å². The molecule has 1 aliphatic heterocycles.